The van der Waals surface area contributed by atoms with Crippen molar-refractivity contribution in [3.8, 4) is 0 Å². The van der Waals surface area contributed by atoms with Crippen LogP contribution in [0.15, 0.2) is 29.2 Å². The lowest BCUT2D eigenvalue weighted by atomic mass is 9.90. The summed E-state index contributed by atoms with van der Waals surface area (Å²) in [5.41, 5.74) is 2.21. The summed E-state index contributed by atoms with van der Waals surface area (Å²) in [6, 6.07) is 9.95. The van der Waals surface area contributed by atoms with Crippen LogP contribution in [0.1, 0.15) is 31.2 Å². The smallest absolute Gasteiger partial charge is 0.0110 e. The second-order valence-electron chi connectivity index (χ2n) is 5.83. The minimum Gasteiger partial charge on any atom is -0.314 e. The molecule has 1 heterocycles. The maximum absolute atomic E-state index is 3.71. The lowest BCUT2D eigenvalue weighted by Crippen LogP contribution is -2.25. The number of hydrogen-bond donors (Lipinski definition) is 1. The summed E-state index contributed by atoms with van der Waals surface area (Å²) < 4.78 is 0. The van der Waals surface area contributed by atoms with Gasteiger partial charge in [-0.25, -0.2) is 0 Å². The van der Waals surface area contributed by atoms with Crippen molar-refractivity contribution in [2.45, 2.75) is 42.0 Å². The Labute approximate surface area is 107 Å². The van der Waals surface area contributed by atoms with Gasteiger partial charge in [0.1, 0.15) is 0 Å². The molecule has 4 rings (SSSR count). The second-order valence-corrected chi connectivity index (χ2v) is 6.97. The molecular formula is C15H19NS. The van der Waals surface area contributed by atoms with Crippen molar-refractivity contribution >= 4 is 11.8 Å². The van der Waals surface area contributed by atoms with Crippen LogP contribution in [0.2, 0.25) is 0 Å². The van der Waals surface area contributed by atoms with Crippen LogP contribution in [0.4, 0.5) is 0 Å². The normalized spacial score (nSPS) is 34.7. The molecule has 1 nitrogen and oxygen atoms in total. The molecule has 2 saturated carbocycles. The average Bonchev–Trinajstić information content (AvgIpc) is 3.24. The molecular weight excluding hydrogens is 226 g/mol. The van der Waals surface area contributed by atoms with Gasteiger partial charge in [-0.3, -0.25) is 0 Å². The molecule has 1 aromatic rings. The molecule has 0 bridgehead atoms. The minimum atomic E-state index is 0.559. The van der Waals surface area contributed by atoms with Gasteiger partial charge in [0.05, 0.1) is 0 Å². The van der Waals surface area contributed by atoms with Crippen molar-refractivity contribution < 1.29 is 0 Å². The van der Waals surface area contributed by atoms with Crippen molar-refractivity contribution in [1.29, 1.82) is 0 Å². The van der Waals surface area contributed by atoms with Gasteiger partial charge >= 0.3 is 0 Å². The monoisotopic (exact) mass is 245 g/mol. The van der Waals surface area contributed by atoms with Crippen LogP contribution in [-0.4, -0.2) is 18.3 Å². The molecule has 1 N–H and O–H groups in total. The van der Waals surface area contributed by atoms with E-state index in [2.05, 4.69) is 29.6 Å². The second kappa shape index (κ2) is 3.76. The van der Waals surface area contributed by atoms with E-state index in [0.29, 0.717) is 5.41 Å². The van der Waals surface area contributed by atoms with Gasteiger partial charge in [0.25, 0.3) is 0 Å². The summed E-state index contributed by atoms with van der Waals surface area (Å²) in [6.45, 7) is 1.25. The van der Waals surface area contributed by atoms with Crippen molar-refractivity contribution in [2.75, 3.05) is 12.3 Å². The summed E-state index contributed by atoms with van der Waals surface area (Å²) in [5, 5.41) is 3.71. The van der Waals surface area contributed by atoms with Gasteiger partial charge < -0.3 is 5.32 Å². The van der Waals surface area contributed by atoms with Crippen molar-refractivity contribution in [1.82, 2.24) is 5.32 Å². The number of fused-ring (bicyclic) bond motifs is 2. The molecule has 1 aliphatic heterocycles. The van der Waals surface area contributed by atoms with Gasteiger partial charge in [-0.05, 0) is 55.5 Å². The van der Waals surface area contributed by atoms with Crippen LogP contribution in [0.3, 0.4) is 0 Å². The first kappa shape index (κ1) is 10.5. The molecule has 2 fully saturated rings. The van der Waals surface area contributed by atoms with Gasteiger partial charge in [0, 0.05) is 16.4 Å². The quantitative estimate of drug-likeness (QED) is 0.877. The first-order chi connectivity index (χ1) is 8.38. The van der Waals surface area contributed by atoms with Gasteiger partial charge in [0.15, 0.2) is 0 Å². The Balaban J connectivity index is 1.55. The number of benzene rings is 1. The van der Waals surface area contributed by atoms with E-state index in [4.69, 9.17) is 0 Å². The number of nitrogens with one attached hydrogen (secondary N) is 1. The van der Waals surface area contributed by atoms with Crippen LogP contribution in [-0.2, 0) is 5.41 Å². The fraction of sp³-hybridized carbons (Fsp3) is 0.600. The predicted molar refractivity (Wildman–Crippen MR) is 72.6 cm³/mol. The summed E-state index contributed by atoms with van der Waals surface area (Å²) in [5.74, 6) is 2.22. The standard InChI is InChI=1S/C15H19NS/c1-2-4-14-13(3-1)15(7-8-17-14)9-11(15)10-16-12-5-6-12/h1-4,11-12,16H,5-10H2. The zero-order valence-electron chi connectivity index (χ0n) is 10.1. The molecule has 0 amide bonds. The van der Waals surface area contributed by atoms with Crippen LogP contribution in [0, 0.1) is 5.92 Å². The SMILES string of the molecule is c1ccc2c(c1)SCCC21CC1CNC1CC1. The van der Waals surface area contributed by atoms with E-state index in [1.807, 2.05) is 11.8 Å². The highest BCUT2D eigenvalue weighted by Crippen LogP contribution is 2.61. The molecule has 2 atom stereocenters. The zero-order chi connectivity index (χ0) is 11.3. The van der Waals surface area contributed by atoms with Crippen LogP contribution in [0.5, 0.6) is 0 Å². The van der Waals surface area contributed by atoms with E-state index in [9.17, 15) is 0 Å². The fourth-order valence-corrected chi connectivity index (χ4v) is 4.65. The van der Waals surface area contributed by atoms with Gasteiger partial charge in [-0.2, -0.15) is 0 Å². The Hall–Kier alpha value is -0.470. The number of thioether (sulfide) groups is 1. The molecule has 1 aromatic carbocycles. The molecule has 0 aromatic heterocycles. The molecule has 1 spiro atoms. The third-order valence-corrected chi connectivity index (χ3v) is 5.77. The van der Waals surface area contributed by atoms with Gasteiger partial charge in [-0.15, -0.1) is 11.8 Å². The average molecular weight is 245 g/mol. The van der Waals surface area contributed by atoms with Crippen LogP contribution in [0.25, 0.3) is 0 Å². The Morgan fingerprint density at radius 1 is 1.29 bits per heavy atom. The maximum atomic E-state index is 3.71. The van der Waals surface area contributed by atoms with Gasteiger partial charge in [0.2, 0.25) is 0 Å². The molecule has 2 unspecified atom stereocenters. The summed E-state index contributed by atoms with van der Waals surface area (Å²) in [6.07, 6.45) is 5.63. The van der Waals surface area contributed by atoms with E-state index in [1.165, 1.54) is 38.0 Å². The predicted octanol–water partition coefficient (Wildman–Crippen LogP) is 3.19. The highest BCUT2D eigenvalue weighted by molar-refractivity contribution is 7.99. The van der Waals surface area contributed by atoms with E-state index in [-0.39, 0.29) is 0 Å². The lowest BCUT2D eigenvalue weighted by Gasteiger charge is -2.26. The first-order valence-electron chi connectivity index (χ1n) is 6.84. The Bertz CT molecular complexity index is 440. The third kappa shape index (κ3) is 1.73. The zero-order valence-corrected chi connectivity index (χ0v) is 10.9. The molecule has 90 valence electrons. The Kier molecular flexibility index (Phi) is 2.31. The molecule has 0 radical (unpaired) electrons. The third-order valence-electron chi connectivity index (χ3n) is 4.69. The lowest BCUT2D eigenvalue weighted by molar-refractivity contribution is 0.529. The molecule has 0 saturated heterocycles. The van der Waals surface area contributed by atoms with Crippen molar-refractivity contribution in [3.63, 3.8) is 0 Å². The number of hydrogen-bond acceptors (Lipinski definition) is 2. The minimum absolute atomic E-state index is 0.559. The maximum Gasteiger partial charge on any atom is 0.0110 e. The summed E-state index contributed by atoms with van der Waals surface area (Å²) >= 11 is 2.05. The van der Waals surface area contributed by atoms with E-state index in [0.717, 1.165) is 12.0 Å². The van der Waals surface area contributed by atoms with Crippen LogP contribution < -0.4 is 5.32 Å². The first-order valence-corrected chi connectivity index (χ1v) is 7.83. The van der Waals surface area contributed by atoms with E-state index < -0.39 is 0 Å². The highest BCUT2D eigenvalue weighted by Gasteiger charge is 2.56. The number of rotatable bonds is 3. The van der Waals surface area contributed by atoms with Gasteiger partial charge in [-0.1, -0.05) is 18.2 Å². The largest absolute Gasteiger partial charge is 0.314 e. The van der Waals surface area contributed by atoms with E-state index >= 15 is 0 Å². The Morgan fingerprint density at radius 2 is 2.18 bits per heavy atom. The summed E-state index contributed by atoms with van der Waals surface area (Å²) in [7, 11) is 0. The molecule has 2 aliphatic carbocycles. The van der Waals surface area contributed by atoms with Crippen molar-refractivity contribution in [2.24, 2.45) is 5.92 Å². The molecule has 2 heteroatoms. The van der Waals surface area contributed by atoms with Crippen LogP contribution >= 0.6 is 11.8 Å². The summed E-state index contributed by atoms with van der Waals surface area (Å²) in [4.78, 5) is 1.55. The topological polar surface area (TPSA) is 12.0 Å². The molecule has 17 heavy (non-hydrogen) atoms. The highest BCUT2D eigenvalue weighted by atomic mass is 32.2. The fourth-order valence-electron chi connectivity index (χ4n) is 3.36. The van der Waals surface area contributed by atoms with E-state index in [1.54, 1.807) is 10.5 Å². The Morgan fingerprint density at radius 3 is 3.06 bits per heavy atom. The van der Waals surface area contributed by atoms with Crippen molar-refractivity contribution in [3.05, 3.63) is 29.8 Å². The molecule has 3 aliphatic rings.